The fourth-order valence-corrected chi connectivity index (χ4v) is 1.62. The first-order valence-electron chi connectivity index (χ1n) is 7.17. The van der Waals surface area contributed by atoms with Gasteiger partial charge < -0.3 is 19.9 Å². The van der Waals surface area contributed by atoms with Crippen LogP contribution in [-0.2, 0) is 23.9 Å². The molecule has 0 aliphatic rings. The Bertz CT molecular complexity index is 375. The van der Waals surface area contributed by atoms with E-state index in [9.17, 15) is 14.4 Å². The predicted molar refractivity (Wildman–Crippen MR) is 80.4 cm³/mol. The maximum atomic E-state index is 11.8. The van der Waals surface area contributed by atoms with Crippen molar-refractivity contribution in [2.75, 3.05) is 6.54 Å². The fraction of sp³-hybridized carbons (Fsp3) is 0.800. The van der Waals surface area contributed by atoms with E-state index >= 15 is 0 Å². The minimum atomic E-state index is -1.07. The van der Waals surface area contributed by atoms with Crippen LogP contribution in [0.15, 0.2) is 0 Å². The number of aliphatic carboxylic acids is 1. The summed E-state index contributed by atoms with van der Waals surface area (Å²) in [6, 6.07) is -0.652. The van der Waals surface area contributed by atoms with Crippen LogP contribution >= 0.6 is 0 Å². The Morgan fingerprint density at radius 2 is 1.27 bits per heavy atom. The van der Waals surface area contributed by atoms with E-state index in [4.69, 9.17) is 14.6 Å². The standard InChI is InChI=1S/C15H27NO6/c1-14(2,3)21-12(19)7-10(16-9-11(17)18)8-13(20)22-15(4,5)6/h10,16H,7-9H2,1-6H3,(H,17,18). The molecule has 22 heavy (non-hydrogen) atoms. The Kier molecular flexibility index (Phi) is 7.52. The van der Waals surface area contributed by atoms with Crippen LogP contribution in [0.3, 0.4) is 0 Å². The summed E-state index contributed by atoms with van der Waals surface area (Å²) >= 11 is 0. The molecular weight excluding hydrogens is 290 g/mol. The molecule has 2 N–H and O–H groups in total. The summed E-state index contributed by atoms with van der Waals surface area (Å²) in [4.78, 5) is 34.3. The highest BCUT2D eigenvalue weighted by molar-refractivity contribution is 5.75. The first kappa shape index (κ1) is 20.4. The van der Waals surface area contributed by atoms with Crippen LogP contribution in [0.4, 0.5) is 0 Å². The number of rotatable bonds is 7. The summed E-state index contributed by atoms with van der Waals surface area (Å²) in [5.41, 5.74) is -1.28. The second-order valence-corrected chi connectivity index (χ2v) is 7.05. The van der Waals surface area contributed by atoms with Crippen molar-refractivity contribution >= 4 is 17.9 Å². The molecule has 0 aliphatic heterocycles. The van der Waals surface area contributed by atoms with Crippen LogP contribution in [-0.4, -0.2) is 46.8 Å². The Morgan fingerprint density at radius 3 is 1.55 bits per heavy atom. The number of carboxylic acid groups (broad SMARTS) is 1. The van der Waals surface area contributed by atoms with Gasteiger partial charge in [0.1, 0.15) is 11.2 Å². The summed E-state index contributed by atoms with van der Waals surface area (Å²) in [5, 5.41) is 11.4. The van der Waals surface area contributed by atoms with Gasteiger partial charge in [0.2, 0.25) is 0 Å². The summed E-state index contributed by atoms with van der Waals surface area (Å²) in [5.74, 6) is -2.07. The van der Waals surface area contributed by atoms with Crippen molar-refractivity contribution in [2.24, 2.45) is 0 Å². The predicted octanol–water partition coefficient (Wildman–Crippen LogP) is 1.49. The van der Waals surface area contributed by atoms with Crippen LogP contribution in [0, 0.1) is 0 Å². The maximum Gasteiger partial charge on any atom is 0.317 e. The Hall–Kier alpha value is -1.63. The van der Waals surface area contributed by atoms with Crippen molar-refractivity contribution in [1.82, 2.24) is 5.32 Å². The van der Waals surface area contributed by atoms with E-state index in [1.807, 2.05) is 0 Å². The summed E-state index contributed by atoms with van der Waals surface area (Å²) in [6.07, 6.45) is -0.215. The molecule has 0 rings (SSSR count). The number of hydrogen-bond donors (Lipinski definition) is 2. The molecule has 0 unspecified atom stereocenters. The molecule has 7 heteroatoms. The molecule has 0 amide bonds. The molecule has 0 saturated carbocycles. The van der Waals surface area contributed by atoms with Gasteiger partial charge in [0.25, 0.3) is 0 Å². The number of carbonyl (C=O) groups excluding carboxylic acids is 2. The molecule has 0 aromatic heterocycles. The minimum absolute atomic E-state index is 0.107. The molecule has 0 saturated heterocycles. The third-order valence-electron chi connectivity index (χ3n) is 2.21. The molecule has 128 valence electrons. The van der Waals surface area contributed by atoms with E-state index < -0.39 is 35.2 Å². The topological polar surface area (TPSA) is 102 Å². The van der Waals surface area contributed by atoms with Gasteiger partial charge in [0.15, 0.2) is 0 Å². The van der Waals surface area contributed by atoms with Gasteiger partial charge in [0, 0.05) is 6.04 Å². The quantitative estimate of drug-likeness (QED) is 0.686. The molecule has 0 fully saturated rings. The van der Waals surface area contributed by atoms with Crippen LogP contribution in [0.1, 0.15) is 54.4 Å². The van der Waals surface area contributed by atoms with Gasteiger partial charge in [-0.05, 0) is 41.5 Å². The lowest BCUT2D eigenvalue weighted by molar-refractivity contribution is -0.158. The first-order valence-corrected chi connectivity index (χ1v) is 7.17. The van der Waals surface area contributed by atoms with E-state index in [1.165, 1.54) is 0 Å². The van der Waals surface area contributed by atoms with Crippen molar-refractivity contribution in [1.29, 1.82) is 0 Å². The Labute approximate surface area is 131 Å². The molecule has 0 heterocycles. The van der Waals surface area contributed by atoms with Crippen molar-refractivity contribution in [3.63, 3.8) is 0 Å². The van der Waals surface area contributed by atoms with Crippen LogP contribution < -0.4 is 5.32 Å². The van der Waals surface area contributed by atoms with Crippen LogP contribution in [0.2, 0.25) is 0 Å². The summed E-state index contributed by atoms with van der Waals surface area (Å²) in [6.45, 7) is 10.1. The van der Waals surface area contributed by atoms with Gasteiger partial charge in [-0.1, -0.05) is 0 Å². The van der Waals surface area contributed by atoms with Gasteiger partial charge in [-0.2, -0.15) is 0 Å². The zero-order valence-corrected chi connectivity index (χ0v) is 14.2. The fourth-order valence-electron chi connectivity index (χ4n) is 1.62. The van der Waals surface area contributed by atoms with Crippen LogP contribution in [0.25, 0.3) is 0 Å². The zero-order valence-electron chi connectivity index (χ0n) is 14.2. The second kappa shape index (κ2) is 8.12. The number of carboxylic acids is 1. The van der Waals surface area contributed by atoms with Gasteiger partial charge >= 0.3 is 17.9 Å². The van der Waals surface area contributed by atoms with E-state index in [2.05, 4.69) is 5.32 Å². The number of esters is 2. The number of nitrogens with one attached hydrogen (secondary N) is 1. The van der Waals surface area contributed by atoms with E-state index in [-0.39, 0.29) is 19.4 Å². The molecule has 0 aromatic carbocycles. The SMILES string of the molecule is CC(C)(C)OC(=O)CC(CC(=O)OC(C)(C)C)NCC(=O)O. The lowest BCUT2D eigenvalue weighted by Gasteiger charge is -2.24. The smallest absolute Gasteiger partial charge is 0.317 e. The van der Waals surface area contributed by atoms with E-state index in [1.54, 1.807) is 41.5 Å². The van der Waals surface area contributed by atoms with Crippen LogP contribution in [0.5, 0.6) is 0 Å². The normalized spacial score (nSPS) is 12.1. The largest absolute Gasteiger partial charge is 0.480 e. The minimum Gasteiger partial charge on any atom is -0.480 e. The summed E-state index contributed by atoms with van der Waals surface area (Å²) in [7, 11) is 0. The highest BCUT2D eigenvalue weighted by Crippen LogP contribution is 2.13. The molecular formula is C15H27NO6. The molecule has 0 aliphatic carbocycles. The van der Waals surface area contributed by atoms with Crippen molar-refractivity contribution < 1.29 is 29.0 Å². The van der Waals surface area contributed by atoms with E-state index in [0.29, 0.717) is 0 Å². The average molecular weight is 317 g/mol. The third-order valence-corrected chi connectivity index (χ3v) is 2.21. The van der Waals surface area contributed by atoms with Gasteiger partial charge in [-0.15, -0.1) is 0 Å². The molecule has 0 atom stereocenters. The average Bonchev–Trinajstić information content (AvgIpc) is 2.19. The van der Waals surface area contributed by atoms with Gasteiger partial charge in [-0.3, -0.25) is 14.4 Å². The van der Waals surface area contributed by atoms with Crippen molar-refractivity contribution in [3.05, 3.63) is 0 Å². The molecule has 0 radical (unpaired) electrons. The molecule has 7 nitrogen and oxygen atoms in total. The maximum absolute atomic E-state index is 11.8. The third kappa shape index (κ3) is 12.1. The molecule has 0 bridgehead atoms. The molecule has 0 aromatic rings. The van der Waals surface area contributed by atoms with Gasteiger partial charge in [-0.25, -0.2) is 0 Å². The second-order valence-electron chi connectivity index (χ2n) is 7.05. The van der Waals surface area contributed by atoms with Gasteiger partial charge in [0.05, 0.1) is 19.4 Å². The Morgan fingerprint density at radius 1 is 0.909 bits per heavy atom. The first-order chi connectivity index (χ1) is 9.78. The number of hydrogen-bond acceptors (Lipinski definition) is 6. The highest BCUT2D eigenvalue weighted by Gasteiger charge is 2.25. The monoisotopic (exact) mass is 317 g/mol. The zero-order chi connectivity index (χ0) is 17.6. The lowest BCUT2D eigenvalue weighted by atomic mass is 10.1. The number of ether oxygens (including phenoxy) is 2. The lowest BCUT2D eigenvalue weighted by Crippen LogP contribution is -2.39. The summed E-state index contributed by atoms with van der Waals surface area (Å²) < 4.78 is 10.4. The Balaban J connectivity index is 4.65. The van der Waals surface area contributed by atoms with Crippen molar-refractivity contribution in [3.8, 4) is 0 Å². The van der Waals surface area contributed by atoms with Crippen molar-refractivity contribution in [2.45, 2.75) is 71.6 Å². The van der Waals surface area contributed by atoms with E-state index in [0.717, 1.165) is 0 Å². The molecule has 0 spiro atoms. The highest BCUT2D eigenvalue weighted by atomic mass is 16.6. The number of carbonyl (C=O) groups is 3.